The van der Waals surface area contributed by atoms with Gasteiger partial charge >= 0.3 is 5.97 Å². The lowest BCUT2D eigenvalue weighted by atomic mass is 9.88. The number of carbonyl (C=O) groups is 2. The van der Waals surface area contributed by atoms with Crippen molar-refractivity contribution in [1.29, 1.82) is 0 Å². The summed E-state index contributed by atoms with van der Waals surface area (Å²) in [5.41, 5.74) is 2.77. The number of hydrogen-bond donors (Lipinski definition) is 1. The summed E-state index contributed by atoms with van der Waals surface area (Å²) in [5.74, 6) is -1.79. The first-order chi connectivity index (χ1) is 10.7. The summed E-state index contributed by atoms with van der Waals surface area (Å²) >= 11 is 0. The van der Waals surface area contributed by atoms with Gasteiger partial charge in [0.25, 0.3) is 0 Å². The second-order valence-corrected chi connectivity index (χ2v) is 5.79. The molecule has 1 unspecified atom stereocenters. The van der Waals surface area contributed by atoms with Crippen LogP contribution in [0.15, 0.2) is 54.6 Å². The number of ketones is 1. The molecule has 0 spiro atoms. The Morgan fingerprint density at radius 3 is 2.05 bits per heavy atom. The van der Waals surface area contributed by atoms with Crippen LogP contribution < -0.4 is 0 Å². The monoisotopic (exact) mass is 294 g/mol. The van der Waals surface area contributed by atoms with E-state index in [0.29, 0.717) is 18.4 Å². The van der Waals surface area contributed by atoms with Gasteiger partial charge in [-0.05, 0) is 24.0 Å². The van der Waals surface area contributed by atoms with E-state index in [1.165, 1.54) is 0 Å². The number of carboxylic acid groups (broad SMARTS) is 1. The van der Waals surface area contributed by atoms with E-state index in [0.717, 1.165) is 17.5 Å². The van der Waals surface area contributed by atoms with Crippen molar-refractivity contribution < 1.29 is 14.7 Å². The second kappa shape index (κ2) is 6.14. The summed E-state index contributed by atoms with van der Waals surface area (Å²) in [6.07, 6.45) is 2.10. The number of rotatable bonds is 4. The average molecular weight is 294 g/mol. The van der Waals surface area contributed by atoms with Gasteiger partial charge in [0, 0.05) is 11.5 Å². The standard InChI is InChI=1S/C19H18O3/c20-18(16-7-4-8-17(16)19(21)22)15-11-9-14(10-12-15)13-5-2-1-3-6-13/h1-3,5-6,9-12,16-17H,4,7-8H2,(H,21,22)/t16-,17?/m0/s1. The van der Waals surface area contributed by atoms with Gasteiger partial charge < -0.3 is 5.11 Å². The fourth-order valence-electron chi connectivity index (χ4n) is 3.24. The van der Waals surface area contributed by atoms with Crippen LogP contribution in [-0.2, 0) is 4.79 Å². The summed E-state index contributed by atoms with van der Waals surface area (Å²) in [4.78, 5) is 23.8. The van der Waals surface area contributed by atoms with Gasteiger partial charge in [0.05, 0.1) is 5.92 Å². The Labute approximate surface area is 129 Å². The largest absolute Gasteiger partial charge is 0.481 e. The molecule has 112 valence electrons. The molecule has 0 amide bonds. The zero-order valence-electron chi connectivity index (χ0n) is 12.2. The molecular formula is C19H18O3. The quantitative estimate of drug-likeness (QED) is 0.866. The molecule has 3 nitrogen and oxygen atoms in total. The summed E-state index contributed by atoms with van der Waals surface area (Å²) in [7, 11) is 0. The lowest BCUT2D eigenvalue weighted by Gasteiger charge is -2.14. The molecule has 2 atom stereocenters. The minimum atomic E-state index is -0.850. The SMILES string of the molecule is O=C(O)C1CCC[C@@H]1C(=O)c1ccc(-c2ccccc2)cc1. The van der Waals surface area contributed by atoms with Crippen molar-refractivity contribution in [1.82, 2.24) is 0 Å². The summed E-state index contributed by atoms with van der Waals surface area (Å²) in [6.45, 7) is 0. The molecule has 1 N–H and O–H groups in total. The number of benzene rings is 2. The molecule has 2 aromatic carbocycles. The molecule has 3 rings (SSSR count). The van der Waals surface area contributed by atoms with Gasteiger partial charge in [-0.25, -0.2) is 0 Å². The molecule has 3 heteroatoms. The van der Waals surface area contributed by atoms with E-state index < -0.39 is 11.9 Å². The van der Waals surface area contributed by atoms with E-state index in [1.54, 1.807) is 0 Å². The highest BCUT2D eigenvalue weighted by Gasteiger charge is 2.37. The van der Waals surface area contributed by atoms with Crippen LogP contribution >= 0.6 is 0 Å². The molecule has 1 aliphatic rings. The minimum absolute atomic E-state index is 0.0375. The molecule has 0 saturated heterocycles. The Bertz CT molecular complexity index is 674. The van der Waals surface area contributed by atoms with Gasteiger partial charge in [0.15, 0.2) is 5.78 Å². The normalized spacial score (nSPS) is 20.7. The predicted molar refractivity (Wildman–Crippen MR) is 84.7 cm³/mol. The van der Waals surface area contributed by atoms with E-state index in [-0.39, 0.29) is 11.7 Å². The Balaban J connectivity index is 1.81. The van der Waals surface area contributed by atoms with Crippen molar-refractivity contribution in [3.63, 3.8) is 0 Å². The third kappa shape index (κ3) is 2.80. The highest BCUT2D eigenvalue weighted by molar-refractivity contribution is 6.00. The van der Waals surface area contributed by atoms with Crippen LogP contribution in [0.2, 0.25) is 0 Å². The van der Waals surface area contributed by atoms with Crippen LogP contribution in [0, 0.1) is 11.8 Å². The Kier molecular flexibility index (Phi) is 4.05. The van der Waals surface area contributed by atoms with E-state index >= 15 is 0 Å². The topological polar surface area (TPSA) is 54.4 Å². The highest BCUT2D eigenvalue weighted by atomic mass is 16.4. The lowest BCUT2D eigenvalue weighted by molar-refractivity contribution is -0.142. The van der Waals surface area contributed by atoms with Crippen molar-refractivity contribution in [3.05, 3.63) is 60.2 Å². The van der Waals surface area contributed by atoms with Crippen LogP contribution in [0.4, 0.5) is 0 Å². The molecule has 0 radical (unpaired) electrons. The van der Waals surface area contributed by atoms with Crippen molar-refractivity contribution in [2.24, 2.45) is 11.8 Å². The third-order valence-corrected chi connectivity index (χ3v) is 4.45. The van der Waals surface area contributed by atoms with Crippen molar-refractivity contribution >= 4 is 11.8 Å². The molecule has 0 heterocycles. The smallest absolute Gasteiger partial charge is 0.307 e. The Morgan fingerprint density at radius 1 is 0.818 bits per heavy atom. The first-order valence-electron chi connectivity index (χ1n) is 7.59. The van der Waals surface area contributed by atoms with Crippen LogP contribution in [0.25, 0.3) is 11.1 Å². The van der Waals surface area contributed by atoms with Gasteiger partial charge in [-0.3, -0.25) is 9.59 Å². The van der Waals surface area contributed by atoms with Crippen LogP contribution in [-0.4, -0.2) is 16.9 Å². The average Bonchev–Trinajstić information content (AvgIpc) is 3.05. The van der Waals surface area contributed by atoms with E-state index in [1.807, 2.05) is 54.6 Å². The lowest BCUT2D eigenvalue weighted by Crippen LogP contribution is -2.25. The van der Waals surface area contributed by atoms with Crippen molar-refractivity contribution in [3.8, 4) is 11.1 Å². The number of hydrogen-bond acceptors (Lipinski definition) is 2. The van der Waals surface area contributed by atoms with Gasteiger partial charge in [-0.1, -0.05) is 61.0 Å². The van der Waals surface area contributed by atoms with Crippen molar-refractivity contribution in [2.45, 2.75) is 19.3 Å². The minimum Gasteiger partial charge on any atom is -0.481 e. The molecule has 0 bridgehead atoms. The molecule has 1 aliphatic carbocycles. The molecule has 22 heavy (non-hydrogen) atoms. The maximum atomic E-state index is 12.5. The molecule has 0 aliphatic heterocycles. The van der Waals surface area contributed by atoms with E-state index in [4.69, 9.17) is 0 Å². The molecule has 0 aromatic heterocycles. The first kappa shape index (κ1) is 14.5. The fraction of sp³-hybridized carbons (Fsp3) is 0.263. The molecular weight excluding hydrogens is 276 g/mol. The summed E-state index contributed by atoms with van der Waals surface area (Å²) in [5, 5.41) is 9.22. The van der Waals surface area contributed by atoms with Crippen LogP contribution in [0.5, 0.6) is 0 Å². The van der Waals surface area contributed by atoms with Gasteiger partial charge in [0.2, 0.25) is 0 Å². The second-order valence-electron chi connectivity index (χ2n) is 5.79. The maximum Gasteiger partial charge on any atom is 0.307 e. The first-order valence-corrected chi connectivity index (χ1v) is 7.59. The van der Waals surface area contributed by atoms with Gasteiger partial charge in [-0.15, -0.1) is 0 Å². The summed E-state index contributed by atoms with van der Waals surface area (Å²) in [6, 6.07) is 17.4. The molecule has 1 saturated carbocycles. The third-order valence-electron chi connectivity index (χ3n) is 4.45. The van der Waals surface area contributed by atoms with Gasteiger partial charge in [-0.2, -0.15) is 0 Å². The Hall–Kier alpha value is -2.42. The van der Waals surface area contributed by atoms with Crippen LogP contribution in [0.1, 0.15) is 29.6 Å². The number of carboxylic acids is 1. The molecule has 2 aromatic rings. The van der Waals surface area contributed by atoms with E-state index in [9.17, 15) is 14.7 Å². The predicted octanol–water partition coefficient (Wildman–Crippen LogP) is 4.04. The fourth-order valence-corrected chi connectivity index (χ4v) is 3.24. The Morgan fingerprint density at radius 2 is 1.41 bits per heavy atom. The van der Waals surface area contributed by atoms with Crippen LogP contribution in [0.3, 0.4) is 0 Å². The zero-order valence-corrected chi connectivity index (χ0v) is 12.2. The number of aliphatic carboxylic acids is 1. The maximum absolute atomic E-state index is 12.5. The molecule has 1 fully saturated rings. The van der Waals surface area contributed by atoms with Crippen molar-refractivity contribution in [2.75, 3.05) is 0 Å². The summed E-state index contributed by atoms with van der Waals surface area (Å²) < 4.78 is 0. The van der Waals surface area contributed by atoms with Gasteiger partial charge in [0.1, 0.15) is 0 Å². The van der Waals surface area contributed by atoms with E-state index in [2.05, 4.69) is 0 Å². The number of Topliss-reactive ketones (excluding diaryl/α,β-unsaturated/α-hetero) is 1. The zero-order chi connectivity index (χ0) is 15.5. The number of carbonyl (C=O) groups excluding carboxylic acids is 1. The highest BCUT2D eigenvalue weighted by Crippen LogP contribution is 2.34.